The molecule has 4 aliphatic rings. The van der Waals surface area contributed by atoms with Crippen LogP contribution in [0.4, 0.5) is 0 Å². The molecule has 0 saturated heterocycles. The van der Waals surface area contributed by atoms with E-state index in [1.807, 2.05) is 26.0 Å². The van der Waals surface area contributed by atoms with Gasteiger partial charge in [0.1, 0.15) is 11.1 Å². The van der Waals surface area contributed by atoms with Crippen LogP contribution in [0, 0.1) is 42.9 Å². The summed E-state index contributed by atoms with van der Waals surface area (Å²) in [5, 5.41) is 14.5. The Hall–Kier alpha value is -2.33. The van der Waals surface area contributed by atoms with Crippen LogP contribution in [0.5, 0.6) is 0 Å². The van der Waals surface area contributed by atoms with Crippen LogP contribution < -0.4 is 5.43 Å². The Kier molecular flexibility index (Phi) is 4.85. The molecule has 1 N–H and O–H groups in total. The van der Waals surface area contributed by atoms with Gasteiger partial charge in [0.25, 0.3) is 0 Å². The van der Waals surface area contributed by atoms with Crippen LogP contribution in [-0.4, -0.2) is 26.5 Å². The topological polar surface area (TPSA) is 83.6 Å². The summed E-state index contributed by atoms with van der Waals surface area (Å²) in [7, 11) is 0. The number of carbonyl (C=O) groups is 1. The highest BCUT2D eigenvalue weighted by atomic mass is 32.2. The van der Waals surface area contributed by atoms with Crippen molar-refractivity contribution in [2.75, 3.05) is 11.2 Å². The Morgan fingerprint density at radius 2 is 1.90 bits per heavy atom. The van der Waals surface area contributed by atoms with E-state index in [0.717, 1.165) is 34.8 Å². The predicted octanol–water partition coefficient (Wildman–Crippen LogP) is 4.10. The Morgan fingerprint density at radius 3 is 2.47 bits per heavy atom. The molecule has 7 heteroatoms. The number of rotatable bonds is 5. The summed E-state index contributed by atoms with van der Waals surface area (Å²) in [6, 6.07) is 8.14. The van der Waals surface area contributed by atoms with Crippen LogP contribution in [0.3, 0.4) is 0 Å². The first-order chi connectivity index (χ1) is 14.4. The molecule has 0 unspecified atom stereocenters. The highest BCUT2D eigenvalue weighted by Gasteiger charge is 2.52. The fourth-order valence-corrected chi connectivity index (χ4v) is 7.15. The third-order valence-electron chi connectivity index (χ3n) is 7.14. The maximum absolute atomic E-state index is 12.5. The third kappa shape index (κ3) is 3.51. The lowest BCUT2D eigenvalue weighted by atomic mass is 9.49. The molecule has 4 fully saturated rings. The zero-order valence-electron chi connectivity index (χ0n) is 17.5. The Bertz CT molecular complexity index is 1000. The minimum atomic E-state index is -0.155. The van der Waals surface area contributed by atoms with E-state index in [1.165, 1.54) is 55.1 Å². The van der Waals surface area contributed by atoms with Crippen molar-refractivity contribution < 1.29 is 4.79 Å². The molecule has 156 valence electrons. The van der Waals surface area contributed by atoms with E-state index in [9.17, 15) is 10.1 Å². The van der Waals surface area contributed by atoms with Crippen LogP contribution in [0.2, 0.25) is 0 Å². The van der Waals surface area contributed by atoms with E-state index in [4.69, 9.17) is 4.98 Å². The summed E-state index contributed by atoms with van der Waals surface area (Å²) in [5.41, 5.74) is 6.41. The summed E-state index contributed by atoms with van der Waals surface area (Å²) >= 11 is 1.34. The molecule has 2 heterocycles. The second kappa shape index (κ2) is 7.42. The van der Waals surface area contributed by atoms with E-state index >= 15 is 0 Å². The number of nitriles is 1. The summed E-state index contributed by atoms with van der Waals surface area (Å²) in [5.74, 6) is 2.57. The van der Waals surface area contributed by atoms with Crippen molar-refractivity contribution in [1.82, 2.24) is 14.9 Å². The second-order valence-corrected chi connectivity index (χ2v) is 10.5. The molecule has 0 aromatic carbocycles. The van der Waals surface area contributed by atoms with Gasteiger partial charge in [0.05, 0.1) is 22.7 Å². The van der Waals surface area contributed by atoms with Crippen molar-refractivity contribution in [2.45, 2.75) is 62.8 Å². The molecule has 0 atom stereocenters. The molecule has 4 aliphatic carbocycles. The van der Waals surface area contributed by atoms with E-state index in [2.05, 4.69) is 22.7 Å². The molecule has 2 aromatic rings. The van der Waals surface area contributed by atoms with Crippen molar-refractivity contribution in [3.8, 4) is 6.07 Å². The molecule has 6 rings (SSSR count). The van der Waals surface area contributed by atoms with Gasteiger partial charge in [-0.05, 0) is 88.3 Å². The number of aromatic nitrogens is 3. The summed E-state index contributed by atoms with van der Waals surface area (Å²) < 4.78 is 0. The first-order valence-corrected chi connectivity index (χ1v) is 11.8. The standard InChI is InChI=1S/C23H27N5OS/c1-14-5-15(2)28(26-14)27-21(29)13-30-22-19(12-24)3-4-20(25-22)23-9-16-6-17(10-23)8-18(7-16)11-23/h3-5,16-18H,6-11,13H2,1-2H3,(H,27,29). The van der Waals surface area contributed by atoms with Gasteiger partial charge >= 0.3 is 0 Å². The van der Waals surface area contributed by atoms with Crippen molar-refractivity contribution in [3.63, 3.8) is 0 Å². The van der Waals surface area contributed by atoms with Gasteiger partial charge in [0.15, 0.2) is 0 Å². The summed E-state index contributed by atoms with van der Waals surface area (Å²) in [6.07, 6.45) is 7.89. The van der Waals surface area contributed by atoms with Crippen LogP contribution in [-0.2, 0) is 10.2 Å². The molecule has 2 aromatic heterocycles. The highest BCUT2D eigenvalue weighted by molar-refractivity contribution is 8.00. The fourth-order valence-electron chi connectivity index (χ4n) is 6.38. The maximum atomic E-state index is 12.5. The van der Waals surface area contributed by atoms with Gasteiger partial charge in [-0.2, -0.15) is 15.2 Å². The van der Waals surface area contributed by atoms with E-state index < -0.39 is 0 Å². The van der Waals surface area contributed by atoms with Gasteiger partial charge in [-0.15, -0.1) is 0 Å². The first-order valence-electron chi connectivity index (χ1n) is 10.8. The maximum Gasteiger partial charge on any atom is 0.250 e. The summed E-state index contributed by atoms with van der Waals surface area (Å²) in [4.78, 5) is 18.9. The molecule has 0 aliphatic heterocycles. The van der Waals surface area contributed by atoms with Crippen LogP contribution >= 0.6 is 11.8 Å². The lowest BCUT2D eigenvalue weighted by Gasteiger charge is -2.56. The van der Waals surface area contributed by atoms with Gasteiger partial charge in [0, 0.05) is 11.1 Å². The van der Waals surface area contributed by atoms with Crippen LogP contribution in [0.25, 0.3) is 0 Å². The molecule has 0 radical (unpaired) electrons. The SMILES string of the molecule is Cc1cc(C)n(NC(=O)CSc2nc(C34CC5CC(CC(C5)C3)C4)ccc2C#N)n1. The van der Waals surface area contributed by atoms with Gasteiger partial charge < -0.3 is 0 Å². The first kappa shape index (κ1) is 19.6. The monoisotopic (exact) mass is 421 g/mol. The number of thioether (sulfide) groups is 1. The zero-order valence-corrected chi connectivity index (χ0v) is 18.3. The number of hydrogen-bond donors (Lipinski definition) is 1. The molecule has 30 heavy (non-hydrogen) atoms. The Balaban J connectivity index is 1.33. The van der Waals surface area contributed by atoms with E-state index in [1.54, 1.807) is 0 Å². The molecular weight excluding hydrogens is 394 g/mol. The average Bonchev–Trinajstić information content (AvgIpc) is 3.01. The largest absolute Gasteiger partial charge is 0.272 e. The Labute approximate surface area is 181 Å². The molecule has 1 amide bonds. The normalized spacial score (nSPS) is 29.0. The van der Waals surface area contributed by atoms with Crippen LogP contribution in [0.1, 0.15) is 61.2 Å². The van der Waals surface area contributed by atoms with Crippen LogP contribution in [0.15, 0.2) is 23.2 Å². The number of pyridine rings is 1. The van der Waals surface area contributed by atoms with E-state index in [0.29, 0.717) is 10.6 Å². The average molecular weight is 422 g/mol. The van der Waals surface area contributed by atoms with Gasteiger partial charge in [-0.25, -0.2) is 10.4 Å². The van der Waals surface area contributed by atoms with Crippen molar-refractivity contribution in [1.29, 1.82) is 5.26 Å². The second-order valence-electron chi connectivity index (χ2n) is 9.52. The molecule has 4 saturated carbocycles. The van der Waals surface area contributed by atoms with Gasteiger partial charge in [0.2, 0.25) is 5.91 Å². The predicted molar refractivity (Wildman–Crippen MR) is 116 cm³/mol. The number of aryl methyl sites for hydroxylation is 2. The third-order valence-corrected chi connectivity index (χ3v) is 8.13. The lowest BCUT2D eigenvalue weighted by Crippen LogP contribution is -2.49. The number of amides is 1. The number of carbonyl (C=O) groups excluding carboxylic acids is 1. The minimum absolute atomic E-state index is 0.155. The quantitative estimate of drug-likeness (QED) is 0.735. The van der Waals surface area contributed by atoms with Crippen molar-refractivity contribution >= 4 is 17.7 Å². The minimum Gasteiger partial charge on any atom is -0.272 e. The lowest BCUT2D eigenvalue weighted by molar-refractivity contribution is -0.114. The number of nitrogens with one attached hydrogen (secondary N) is 1. The molecule has 4 bridgehead atoms. The molecule has 6 nitrogen and oxygen atoms in total. The summed E-state index contributed by atoms with van der Waals surface area (Å²) in [6.45, 7) is 3.79. The van der Waals surface area contributed by atoms with Gasteiger partial charge in [-0.3, -0.25) is 4.79 Å². The van der Waals surface area contributed by atoms with Crippen molar-refractivity contribution in [2.24, 2.45) is 17.8 Å². The number of nitrogens with zero attached hydrogens (tertiary/aromatic N) is 4. The van der Waals surface area contributed by atoms with Gasteiger partial charge in [-0.1, -0.05) is 11.8 Å². The zero-order chi connectivity index (χ0) is 20.9. The highest BCUT2D eigenvalue weighted by Crippen LogP contribution is 2.60. The Morgan fingerprint density at radius 1 is 1.23 bits per heavy atom. The van der Waals surface area contributed by atoms with Crippen molar-refractivity contribution in [3.05, 3.63) is 40.8 Å². The molecule has 0 spiro atoms. The fraction of sp³-hybridized carbons (Fsp3) is 0.565. The molecular formula is C23H27N5OS. The number of hydrogen-bond acceptors (Lipinski definition) is 5. The smallest absolute Gasteiger partial charge is 0.250 e. The van der Waals surface area contributed by atoms with E-state index in [-0.39, 0.29) is 17.1 Å².